The van der Waals surface area contributed by atoms with Crippen molar-refractivity contribution < 1.29 is 18.0 Å². The smallest absolute Gasteiger partial charge is 0.248 e. The van der Waals surface area contributed by atoms with E-state index in [0.717, 1.165) is 22.6 Å². The third-order valence-electron chi connectivity index (χ3n) is 5.51. The summed E-state index contributed by atoms with van der Waals surface area (Å²) >= 11 is 1.19. The van der Waals surface area contributed by atoms with Gasteiger partial charge < -0.3 is 10.6 Å². The Kier molecular flexibility index (Phi) is 6.67. The van der Waals surface area contributed by atoms with E-state index in [-0.39, 0.29) is 29.0 Å². The molecule has 0 saturated heterocycles. The van der Waals surface area contributed by atoms with Crippen molar-refractivity contribution in [3.63, 3.8) is 0 Å². The number of nitrogens with one attached hydrogen (secondary N) is 2. The summed E-state index contributed by atoms with van der Waals surface area (Å²) in [4.78, 5) is 30.4. The summed E-state index contributed by atoms with van der Waals surface area (Å²) in [6.07, 6.45) is 1.30. The normalized spacial score (nSPS) is 12.7. The Hall–Kier alpha value is -3.30. The molecule has 0 aliphatic carbocycles. The van der Waals surface area contributed by atoms with E-state index in [1.54, 1.807) is 12.1 Å². The van der Waals surface area contributed by atoms with Gasteiger partial charge in [0.05, 0.1) is 21.5 Å². The predicted octanol–water partition coefficient (Wildman–Crippen LogP) is 4.18. The molecule has 1 heterocycles. The molecule has 1 atom stereocenters. The van der Waals surface area contributed by atoms with Crippen LogP contribution in [0, 0.1) is 5.92 Å². The lowest BCUT2D eigenvalue weighted by Gasteiger charge is -2.21. The van der Waals surface area contributed by atoms with E-state index >= 15 is 0 Å². The highest BCUT2D eigenvalue weighted by atomic mass is 32.2. The summed E-state index contributed by atoms with van der Waals surface area (Å²) in [7, 11) is -3.34. The molecule has 1 aromatic heterocycles. The summed E-state index contributed by atoms with van der Waals surface area (Å²) in [5, 5.41) is 8.04. The van der Waals surface area contributed by atoms with Gasteiger partial charge in [-0.1, -0.05) is 67.6 Å². The number of benzene rings is 3. The van der Waals surface area contributed by atoms with Crippen molar-refractivity contribution in [2.45, 2.75) is 31.2 Å². The molecule has 3 aromatic carbocycles. The number of hydrogen-bond acceptors (Lipinski definition) is 6. The third kappa shape index (κ3) is 5.26. The second-order valence-electron chi connectivity index (χ2n) is 8.51. The number of anilines is 1. The van der Waals surface area contributed by atoms with Gasteiger partial charge in [-0.05, 0) is 40.5 Å². The molecule has 0 spiro atoms. The molecule has 2 amide bonds. The van der Waals surface area contributed by atoms with E-state index in [0.29, 0.717) is 15.3 Å². The van der Waals surface area contributed by atoms with Gasteiger partial charge in [0.2, 0.25) is 11.8 Å². The number of carbonyl (C=O) groups excluding carboxylic acids is 2. The Bertz CT molecular complexity index is 1490. The molecule has 4 aromatic rings. The van der Waals surface area contributed by atoms with Gasteiger partial charge >= 0.3 is 0 Å². The number of fused-ring (bicyclic) bond motifs is 2. The van der Waals surface area contributed by atoms with Crippen LogP contribution in [-0.4, -0.2) is 37.5 Å². The van der Waals surface area contributed by atoms with E-state index < -0.39 is 15.9 Å². The third-order valence-corrected chi connectivity index (χ3v) is 7.56. The molecule has 7 nitrogen and oxygen atoms in total. The number of amides is 2. The van der Waals surface area contributed by atoms with Crippen molar-refractivity contribution in [2.24, 2.45) is 5.92 Å². The SMILES string of the molecule is CC(C)[C@H](NC(=O)Cc1cccc2ccccc12)C(=O)Nc1nc2ccc(S(C)(=O)=O)cc2s1. The Morgan fingerprint density at radius 2 is 1.76 bits per heavy atom. The maximum absolute atomic E-state index is 13.0. The van der Waals surface area contributed by atoms with Crippen LogP contribution in [0.5, 0.6) is 0 Å². The van der Waals surface area contributed by atoms with Gasteiger partial charge in [0, 0.05) is 6.26 Å². The monoisotopic (exact) mass is 495 g/mol. The molecule has 0 aliphatic rings. The molecule has 4 rings (SSSR count). The first-order chi connectivity index (χ1) is 16.1. The highest BCUT2D eigenvalue weighted by Gasteiger charge is 2.25. The van der Waals surface area contributed by atoms with Crippen molar-refractivity contribution in [3.05, 3.63) is 66.2 Å². The van der Waals surface area contributed by atoms with Crippen molar-refractivity contribution in [1.82, 2.24) is 10.3 Å². The van der Waals surface area contributed by atoms with Crippen molar-refractivity contribution in [3.8, 4) is 0 Å². The minimum Gasteiger partial charge on any atom is -0.344 e. The molecular weight excluding hydrogens is 470 g/mol. The lowest BCUT2D eigenvalue weighted by atomic mass is 10.0. The molecule has 0 fully saturated rings. The summed E-state index contributed by atoms with van der Waals surface area (Å²) in [5.74, 6) is -0.765. The molecule has 34 heavy (non-hydrogen) atoms. The van der Waals surface area contributed by atoms with Gasteiger partial charge in [-0.15, -0.1) is 0 Å². The Balaban J connectivity index is 1.48. The quantitative estimate of drug-likeness (QED) is 0.400. The molecular formula is C25H25N3O4S2. The number of carbonyl (C=O) groups is 2. The van der Waals surface area contributed by atoms with E-state index in [1.807, 2.05) is 56.3 Å². The van der Waals surface area contributed by atoms with Crippen LogP contribution >= 0.6 is 11.3 Å². The summed E-state index contributed by atoms with van der Waals surface area (Å²) in [6, 6.07) is 17.6. The van der Waals surface area contributed by atoms with Crippen LogP contribution in [0.2, 0.25) is 0 Å². The Labute approximate surface area is 202 Å². The highest BCUT2D eigenvalue weighted by Crippen LogP contribution is 2.28. The molecule has 176 valence electrons. The molecule has 0 aliphatic heterocycles. The standard InChI is InChI=1S/C25H25N3O4S2/c1-15(2)23(27-22(29)13-17-9-6-8-16-7-4-5-10-19(16)17)24(30)28-25-26-20-12-11-18(34(3,31)32)14-21(20)33-25/h4-12,14-15,23H,13H2,1-3H3,(H,27,29)(H,26,28,30)/t23-/m0/s1. The predicted molar refractivity (Wildman–Crippen MR) is 136 cm³/mol. The average Bonchev–Trinajstić information content (AvgIpc) is 3.18. The van der Waals surface area contributed by atoms with E-state index in [1.165, 1.54) is 17.4 Å². The summed E-state index contributed by atoms with van der Waals surface area (Å²) in [6.45, 7) is 3.72. The number of sulfone groups is 1. The van der Waals surface area contributed by atoms with Crippen LogP contribution in [0.15, 0.2) is 65.6 Å². The molecule has 2 N–H and O–H groups in total. The summed E-state index contributed by atoms with van der Waals surface area (Å²) < 4.78 is 24.3. The minimum absolute atomic E-state index is 0.150. The van der Waals surface area contributed by atoms with Crippen molar-refractivity contribution in [1.29, 1.82) is 0 Å². The van der Waals surface area contributed by atoms with E-state index in [4.69, 9.17) is 0 Å². The van der Waals surface area contributed by atoms with Crippen molar-refractivity contribution in [2.75, 3.05) is 11.6 Å². The maximum Gasteiger partial charge on any atom is 0.248 e. The average molecular weight is 496 g/mol. The second-order valence-corrected chi connectivity index (χ2v) is 11.6. The Morgan fingerprint density at radius 1 is 1.03 bits per heavy atom. The molecule has 0 unspecified atom stereocenters. The van der Waals surface area contributed by atoms with E-state index in [2.05, 4.69) is 15.6 Å². The van der Waals surface area contributed by atoms with Crippen LogP contribution in [0.1, 0.15) is 19.4 Å². The zero-order chi connectivity index (χ0) is 24.5. The molecule has 0 radical (unpaired) electrons. The lowest BCUT2D eigenvalue weighted by molar-refractivity contribution is -0.127. The van der Waals surface area contributed by atoms with Gasteiger partial charge in [0.15, 0.2) is 15.0 Å². The summed E-state index contributed by atoms with van der Waals surface area (Å²) in [5.41, 5.74) is 1.49. The Morgan fingerprint density at radius 3 is 2.50 bits per heavy atom. The maximum atomic E-state index is 13.0. The molecule has 0 bridgehead atoms. The van der Waals surface area contributed by atoms with Gasteiger partial charge in [0.1, 0.15) is 6.04 Å². The topological polar surface area (TPSA) is 105 Å². The largest absolute Gasteiger partial charge is 0.344 e. The minimum atomic E-state index is -3.34. The number of hydrogen-bond donors (Lipinski definition) is 2. The lowest BCUT2D eigenvalue weighted by Crippen LogP contribution is -2.47. The van der Waals surface area contributed by atoms with Gasteiger partial charge in [-0.25, -0.2) is 13.4 Å². The highest BCUT2D eigenvalue weighted by molar-refractivity contribution is 7.90. The number of aromatic nitrogens is 1. The molecule has 0 saturated carbocycles. The second kappa shape index (κ2) is 9.52. The van der Waals surface area contributed by atoms with Crippen LogP contribution in [0.3, 0.4) is 0 Å². The first-order valence-corrected chi connectivity index (χ1v) is 13.5. The first-order valence-electron chi connectivity index (χ1n) is 10.8. The van der Waals surface area contributed by atoms with Crippen LogP contribution < -0.4 is 10.6 Å². The number of rotatable bonds is 7. The van der Waals surface area contributed by atoms with E-state index in [9.17, 15) is 18.0 Å². The van der Waals surface area contributed by atoms with Crippen LogP contribution in [0.25, 0.3) is 21.0 Å². The zero-order valence-electron chi connectivity index (χ0n) is 19.0. The number of thiazole rings is 1. The van der Waals surface area contributed by atoms with Crippen molar-refractivity contribution >= 4 is 59.1 Å². The van der Waals surface area contributed by atoms with Crippen LogP contribution in [0.4, 0.5) is 5.13 Å². The van der Waals surface area contributed by atoms with Gasteiger partial charge in [0.25, 0.3) is 0 Å². The molecule has 9 heteroatoms. The van der Waals surface area contributed by atoms with Gasteiger partial charge in [-0.2, -0.15) is 0 Å². The fourth-order valence-electron chi connectivity index (χ4n) is 3.75. The fourth-order valence-corrected chi connectivity index (χ4v) is 5.38. The van der Waals surface area contributed by atoms with Crippen LogP contribution in [-0.2, 0) is 25.8 Å². The first kappa shape index (κ1) is 23.8. The van der Waals surface area contributed by atoms with Gasteiger partial charge in [-0.3, -0.25) is 9.59 Å². The number of nitrogens with zero attached hydrogens (tertiary/aromatic N) is 1. The fraction of sp³-hybridized carbons (Fsp3) is 0.240. The zero-order valence-corrected chi connectivity index (χ0v) is 20.7.